The van der Waals surface area contributed by atoms with Crippen molar-refractivity contribution in [3.8, 4) is 6.07 Å². The zero-order valence-electron chi connectivity index (χ0n) is 8.24. The molecular weight excluding hydrogens is 230 g/mol. The van der Waals surface area contributed by atoms with Crippen LogP contribution in [0.1, 0.15) is 5.56 Å². The first kappa shape index (κ1) is 12.0. The Kier molecular flexibility index (Phi) is 3.86. The Balaban J connectivity index is 3.13. The summed E-state index contributed by atoms with van der Waals surface area (Å²) in [7, 11) is 0. The van der Waals surface area contributed by atoms with Crippen LogP contribution in [0.25, 0.3) is 0 Å². The molecule has 1 aromatic carbocycles. The number of nitro benzene ring substituents is 1. The Morgan fingerprint density at radius 1 is 1.69 bits per heavy atom. The molecule has 0 amide bonds. The van der Waals surface area contributed by atoms with E-state index in [2.05, 4.69) is 11.9 Å². The second-order valence-electron chi connectivity index (χ2n) is 2.94. The van der Waals surface area contributed by atoms with E-state index in [1.807, 2.05) is 0 Å². The van der Waals surface area contributed by atoms with Crippen LogP contribution in [0.2, 0.25) is 0 Å². The average molecular weight is 238 g/mol. The van der Waals surface area contributed by atoms with Crippen LogP contribution in [0, 0.1) is 21.4 Å². The molecular formula is C10H8ClN3O2. The molecule has 0 saturated carbocycles. The van der Waals surface area contributed by atoms with Crippen LogP contribution in [0.15, 0.2) is 29.8 Å². The van der Waals surface area contributed by atoms with E-state index in [9.17, 15) is 10.1 Å². The number of nitro groups is 1. The molecule has 0 aliphatic carbocycles. The van der Waals surface area contributed by atoms with Gasteiger partial charge in [-0.15, -0.1) is 0 Å². The predicted molar refractivity (Wildman–Crippen MR) is 61.3 cm³/mol. The largest absolute Gasteiger partial charge is 0.374 e. The Hall–Kier alpha value is -2.06. The van der Waals surface area contributed by atoms with E-state index in [0.717, 1.165) is 0 Å². The summed E-state index contributed by atoms with van der Waals surface area (Å²) in [5.41, 5.74) is 0.0175. The van der Waals surface area contributed by atoms with E-state index in [1.54, 1.807) is 12.1 Å². The zero-order valence-corrected chi connectivity index (χ0v) is 8.99. The molecule has 0 spiro atoms. The highest BCUT2D eigenvalue weighted by Crippen LogP contribution is 2.28. The monoisotopic (exact) mass is 237 g/mol. The van der Waals surface area contributed by atoms with E-state index in [4.69, 9.17) is 16.9 Å². The van der Waals surface area contributed by atoms with Gasteiger partial charge in [-0.2, -0.15) is 5.26 Å². The molecule has 16 heavy (non-hydrogen) atoms. The highest BCUT2D eigenvalue weighted by Gasteiger charge is 2.18. The number of hydrogen-bond acceptors (Lipinski definition) is 4. The van der Waals surface area contributed by atoms with Gasteiger partial charge in [0.05, 0.1) is 11.5 Å². The summed E-state index contributed by atoms with van der Waals surface area (Å²) in [6.07, 6.45) is 0. The van der Waals surface area contributed by atoms with Crippen LogP contribution in [0.5, 0.6) is 0 Å². The normalized spacial score (nSPS) is 9.25. The molecule has 0 saturated heterocycles. The topological polar surface area (TPSA) is 79.0 Å². The first-order chi connectivity index (χ1) is 7.56. The molecule has 0 aromatic heterocycles. The lowest BCUT2D eigenvalue weighted by Crippen LogP contribution is -2.05. The summed E-state index contributed by atoms with van der Waals surface area (Å²) >= 11 is 5.54. The number of para-hydroxylation sites is 1. The smallest absolute Gasteiger partial charge is 0.309 e. The lowest BCUT2D eigenvalue weighted by atomic mass is 10.1. The van der Waals surface area contributed by atoms with Gasteiger partial charge in [0.25, 0.3) is 0 Å². The van der Waals surface area contributed by atoms with Gasteiger partial charge >= 0.3 is 5.69 Å². The Morgan fingerprint density at radius 2 is 2.38 bits per heavy atom. The Labute approximate surface area is 97.1 Å². The number of hydrogen-bond donors (Lipinski definition) is 1. The third kappa shape index (κ3) is 2.72. The molecule has 0 aliphatic rings. The van der Waals surface area contributed by atoms with E-state index in [-0.39, 0.29) is 23.5 Å². The molecule has 0 heterocycles. The Morgan fingerprint density at radius 3 is 2.88 bits per heavy atom. The van der Waals surface area contributed by atoms with E-state index >= 15 is 0 Å². The number of halogens is 1. The molecule has 1 aromatic rings. The van der Waals surface area contributed by atoms with Crippen LogP contribution < -0.4 is 5.32 Å². The van der Waals surface area contributed by atoms with Crippen LogP contribution >= 0.6 is 11.6 Å². The second-order valence-corrected chi connectivity index (χ2v) is 3.48. The van der Waals surface area contributed by atoms with Crippen LogP contribution in [0.4, 0.5) is 11.4 Å². The minimum absolute atomic E-state index is 0.00943. The fraction of sp³-hybridized carbons (Fsp3) is 0.100. The molecule has 6 heteroatoms. The van der Waals surface area contributed by atoms with Gasteiger partial charge in [-0.25, -0.2) is 0 Å². The van der Waals surface area contributed by atoms with Crippen LogP contribution in [-0.2, 0) is 0 Å². The molecule has 5 nitrogen and oxygen atoms in total. The zero-order chi connectivity index (χ0) is 12.1. The summed E-state index contributed by atoms with van der Waals surface area (Å²) in [6, 6.07) is 6.23. The third-order valence-electron chi connectivity index (χ3n) is 1.81. The number of nitriles is 1. The van der Waals surface area contributed by atoms with E-state index < -0.39 is 4.92 Å². The minimum Gasteiger partial charge on any atom is -0.374 e. The first-order valence-electron chi connectivity index (χ1n) is 4.31. The van der Waals surface area contributed by atoms with Crippen molar-refractivity contribution >= 4 is 23.0 Å². The van der Waals surface area contributed by atoms with Crippen molar-refractivity contribution in [3.05, 3.63) is 45.5 Å². The van der Waals surface area contributed by atoms with Crippen molar-refractivity contribution < 1.29 is 4.92 Å². The molecule has 1 rings (SSSR count). The van der Waals surface area contributed by atoms with Crippen LogP contribution in [-0.4, -0.2) is 11.5 Å². The van der Waals surface area contributed by atoms with Gasteiger partial charge < -0.3 is 5.32 Å². The second kappa shape index (κ2) is 5.14. The molecule has 0 unspecified atom stereocenters. The molecule has 0 fully saturated rings. The summed E-state index contributed by atoms with van der Waals surface area (Å²) in [6.45, 7) is 3.66. The van der Waals surface area contributed by atoms with Crippen LogP contribution in [0.3, 0.4) is 0 Å². The highest BCUT2D eigenvalue weighted by molar-refractivity contribution is 6.29. The van der Waals surface area contributed by atoms with Crippen molar-refractivity contribution in [3.63, 3.8) is 0 Å². The molecule has 0 atom stereocenters. The molecule has 82 valence electrons. The molecule has 0 aliphatic heterocycles. The summed E-state index contributed by atoms with van der Waals surface area (Å²) in [4.78, 5) is 10.2. The van der Waals surface area contributed by atoms with Gasteiger partial charge in [0.2, 0.25) is 0 Å². The minimum atomic E-state index is -0.599. The van der Waals surface area contributed by atoms with Gasteiger partial charge in [-0.3, -0.25) is 10.1 Å². The van der Waals surface area contributed by atoms with Crippen molar-refractivity contribution in [2.45, 2.75) is 0 Å². The average Bonchev–Trinajstić information content (AvgIpc) is 2.25. The maximum absolute atomic E-state index is 10.8. The third-order valence-corrected chi connectivity index (χ3v) is 1.94. The molecule has 1 N–H and O–H groups in total. The lowest BCUT2D eigenvalue weighted by Gasteiger charge is -2.06. The van der Waals surface area contributed by atoms with Gasteiger partial charge in [-0.05, 0) is 12.1 Å². The Bertz CT molecular complexity index is 479. The molecule has 0 radical (unpaired) electrons. The van der Waals surface area contributed by atoms with Crippen molar-refractivity contribution in [2.24, 2.45) is 0 Å². The summed E-state index contributed by atoms with van der Waals surface area (Å²) < 4.78 is 0. The predicted octanol–water partition coefficient (Wildman–Crippen LogP) is 2.63. The fourth-order valence-corrected chi connectivity index (χ4v) is 1.23. The van der Waals surface area contributed by atoms with Crippen molar-refractivity contribution in [1.29, 1.82) is 5.26 Å². The maximum Gasteiger partial charge on any atom is 0.309 e. The van der Waals surface area contributed by atoms with Gasteiger partial charge in [-0.1, -0.05) is 24.2 Å². The number of anilines is 1. The SMILES string of the molecule is C=C(Cl)CNc1cccc(C#N)c1[N+](=O)[O-]. The van der Waals surface area contributed by atoms with Crippen molar-refractivity contribution in [2.75, 3.05) is 11.9 Å². The van der Waals surface area contributed by atoms with Gasteiger partial charge in [0, 0.05) is 5.03 Å². The van der Waals surface area contributed by atoms with Gasteiger partial charge in [0.1, 0.15) is 17.3 Å². The number of benzene rings is 1. The summed E-state index contributed by atoms with van der Waals surface area (Å²) in [5, 5.41) is 22.6. The maximum atomic E-state index is 10.8. The van der Waals surface area contributed by atoms with E-state index in [1.165, 1.54) is 12.1 Å². The van der Waals surface area contributed by atoms with E-state index in [0.29, 0.717) is 5.03 Å². The highest BCUT2D eigenvalue weighted by atomic mass is 35.5. The summed E-state index contributed by atoms with van der Waals surface area (Å²) in [5.74, 6) is 0. The number of rotatable bonds is 4. The first-order valence-corrected chi connectivity index (χ1v) is 4.68. The standard InChI is InChI=1S/C10H8ClN3O2/c1-7(11)6-13-9-4-2-3-8(5-12)10(9)14(15)16/h2-4,13H,1,6H2. The van der Waals surface area contributed by atoms with Gasteiger partial charge in [0.15, 0.2) is 0 Å². The molecule has 0 bridgehead atoms. The number of nitrogens with one attached hydrogen (secondary N) is 1. The lowest BCUT2D eigenvalue weighted by molar-refractivity contribution is -0.384. The quantitative estimate of drug-likeness (QED) is 0.645. The fourth-order valence-electron chi connectivity index (χ4n) is 1.16. The number of nitrogens with zero attached hydrogens (tertiary/aromatic N) is 2. The van der Waals surface area contributed by atoms with Crippen molar-refractivity contribution in [1.82, 2.24) is 0 Å².